The van der Waals surface area contributed by atoms with Gasteiger partial charge in [-0.05, 0) is 69.0 Å². The molecular formula is C41H40ClN7O4S. The largest absolute Gasteiger partial charge is 0.388 e. The van der Waals surface area contributed by atoms with Gasteiger partial charge in [0.15, 0.2) is 5.65 Å². The molecule has 11 nitrogen and oxygen atoms in total. The molecule has 2 saturated heterocycles. The molecule has 2 fully saturated rings. The van der Waals surface area contributed by atoms with E-state index in [1.54, 1.807) is 16.8 Å². The number of halogens is 1. The van der Waals surface area contributed by atoms with Crippen LogP contribution >= 0.6 is 22.9 Å². The van der Waals surface area contributed by atoms with Gasteiger partial charge in [0.2, 0.25) is 5.91 Å². The third kappa shape index (κ3) is 6.85. The summed E-state index contributed by atoms with van der Waals surface area (Å²) >= 11 is 7.93. The van der Waals surface area contributed by atoms with Crippen molar-refractivity contribution in [2.45, 2.75) is 51.2 Å². The first kappa shape index (κ1) is 35.8. The van der Waals surface area contributed by atoms with E-state index in [1.165, 1.54) is 22.2 Å². The Hall–Kier alpha value is -5.17. The van der Waals surface area contributed by atoms with Crippen molar-refractivity contribution in [3.05, 3.63) is 129 Å². The monoisotopic (exact) mass is 761 g/mol. The lowest BCUT2D eigenvalue weighted by Gasteiger charge is -2.43. The Morgan fingerprint density at radius 3 is 2.37 bits per heavy atom. The first-order valence-corrected chi connectivity index (χ1v) is 19.4. The standard InChI is InChI=1S/C41H40ClN7O4S/c1-26-13-14-29(22-43-26)37-45-27(2)35(54-37)40(52)47-18-15-31(33(23-47)28-9-5-3-6-10-28)38(50)46-19-16-41(53,17-20-46)24-48-25-44-36-32(39(48)51)21-34(42)49(36)30-11-7-4-8-12-30/h3-14,21-22,25,31,33,53H,15-20,23-24H2,1-2H3/t31-,33+/m1/s1. The molecule has 4 aromatic heterocycles. The highest BCUT2D eigenvalue weighted by Crippen LogP contribution is 2.37. The summed E-state index contributed by atoms with van der Waals surface area (Å²) in [5.41, 5.74) is 3.25. The van der Waals surface area contributed by atoms with E-state index in [1.807, 2.05) is 96.4 Å². The third-order valence-corrected chi connectivity index (χ3v) is 12.3. The van der Waals surface area contributed by atoms with Gasteiger partial charge < -0.3 is 14.9 Å². The summed E-state index contributed by atoms with van der Waals surface area (Å²) in [6.07, 6.45) is 4.38. The van der Waals surface area contributed by atoms with Crippen LogP contribution in [0.15, 0.2) is 96.2 Å². The molecule has 0 unspecified atom stereocenters. The SMILES string of the molecule is Cc1ccc(-c2nc(C)c(C(=O)N3CC[C@@H](C(=O)N4CCC(O)(Cn5cnc6c(cc(Cl)n6-c6ccccc6)c5=O)CC4)[C@H](c4ccccc4)C3)s2)cn1. The lowest BCUT2D eigenvalue weighted by molar-refractivity contribution is -0.142. The van der Waals surface area contributed by atoms with Gasteiger partial charge in [-0.25, -0.2) is 9.97 Å². The van der Waals surface area contributed by atoms with Crippen molar-refractivity contribution in [2.24, 2.45) is 5.92 Å². The highest BCUT2D eigenvalue weighted by atomic mass is 35.5. The van der Waals surface area contributed by atoms with E-state index < -0.39 is 5.60 Å². The maximum absolute atomic E-state index is 14.3. The number of aliphatic hydroxyl groups is 1. The molecule has 2 aromatic carbocycles. The van der Waals surface area contributed by atoms with Crippen molar-refractivity contribution in [1.82, 2.24) is 33.9 Å². The summed E-state index contributed by atoms with van der Waals surface area (Å²) in [6.45, 7) is 5.41. The fraction of sp³-hybridized carbons (Fsp3) is 0.317. The normalized spacial score (nSPS) is 18.6. The smallest absolute Gasteiger partial charge is 0.265 e. The number of amides is 2. The highest BCUT2D eigenvalue weighted by molar-refractivity contribution is 7.17. The van der Waals surface area contributed by atoms with Crippen molar-refractivity contribution >= 4 is 45.8 Å². The predicted molar refractivity (Wildman–Crippen MR) is 209 cm³/mol. The summed E-state index contributed by atoms with van der Waals surface area (Å²) in [4.78, 5) is 59.8. The van der Waals surface area contributed by atoms with Crippen LogP contribution in [-0.4, -0.2) is 82.6 Å². The number of aryl methyl sites for hydroxylation is 2. The second-order valence-corrected chi connectivity index (χ2v) is 15.8. The summed E-state index contributed by atoms with van der Waals surface area (Å²) in [5.74, 6) is -0.573. The fourth-order valence-corrected chi connectivity index (χ4v) is 9.11. The van der Waals surface area contributed by atoms with Gasteiger partial charge in [-0.1, -0.05) is 60.1 Å². The van der Waals surface area contributed by atoms with Crippen LogP contribution in [0.4, 0.5) is 0 Å². The van der Waals surface area contributed by atoms with Gasteiger partial charge in [-0.15, -0.1) is 11.3 Å². The van der Waals surface area contributed by atoms with Crippen LogP contribution in [0, 0.1) is 19.8 Å². The molecular weight excluding hydrogens is 722 g/mol. The average molecular weight is 762 g/mol. The van der Waals surface area contributed by atoms with Gasteiger partial charge in [0.1, 0.15) is 21.4 Å². The zero-order valence-corrected chi connectivity index (χ0v) is 31.6. The van der Waals surface area contributed by atoms with Crippen molar-refractivity contribution < 1.29 is 14.7 Å². The van der Waals surface area contributed by atoms with Crippen molar-refractivity contribution in [3.63, 3.8) is 0 Å². The van der Waals surface area contributed by atoms with Crippen LogP contribution in [0.3, 0.4) is 0 Å². The Morgan fingerprint density at radius 2 is 1.67 bits per heavy atom. The Labute approximate surface area is 321 Å². The number of hydrogen-bond donors (Lipinski definition) is 1. The Balaban J connectivity index is 0.960. The maximum atomic E-state index is 14.3. The van der Waals surface area contributed by atoms with E-state index in [2.05, 4.69) is 9.97 Å². The predicted octanol–water partition coefficient (Wildman–Crippen LogP) is 6.28. The number of aromatic nitrogens is 5. The molecule has 2 aliphatic rings. The van der Waals surface area contributed by atoms with E-state index >= 15 is 0 Å². The van der Waals surface area contributed by atoms with E-state index in [0.717, 1.165) is 27.5 Å². The number of para-hydroxylation sites is 1. The Bertz CT molecular complexity index is 2390. The van der Waals surface area contributed by atoms with E-state index in [9.17, 15) is 19.5 Å². The number of thiazole rings is 1. The molecule has 6 heterocycles. The maximum Gasteiger partial charge on any atom is 0.265 e. The zero-order chi connectivity index (χ0) is 37.6. The number of carbonyl (C=O) groups excluding carboxylic acids is 2. The number of fused-ring (bicyclic) bond motifs is 1. The van der Waals surface area contributed by atoms with Crippen molar-refractivity contribution in [1.29, 1.82) is 0 Å². The van der Waals surface area contributed by atoms with Gasteiger partial charge in [-0.3, -0.25) is 28.5 Å². The first-order valence-electron chi connectivity index (χ1n) is 18.2. The number of nitrogens with zero attached hydrogens (tertiary/aromatic N) is 7. The molecule has 2 amide bonds. The van der Waals surface area contributed by atoms with E-state index in [0.29, 0.717) is 72.2 Å². The molecule has 8 rings (SSSR count). The van der Waals surface area contributed by atoms with Crippen LogP contribution < -0.4 is 5.56 Å². The average Bonchev–Trinajstić information content (AvgIpc) is 3.75. The Kier molecular flexibility index (Phi) is 9.67. The summed E-state index contributed by atoms with van der Waals surface area (Å²) in [7, 11) is 0. The molecule has 13 heteroatoms. The molecule has 0 radical (unpaired) electrons. The van der Waals surface area contributed by atoms with Gasteiger partial charge in [0.25, 0.3) is 11.5 Å². The lowest BCUT2D eigenvalue weighted by Crippen LogP contribution is -2.53. The van der Waals surface area contributed by atoms with Gasteiger partial charge >= 0.3 is 0 Å². The van der Waals surface area contributed by atoms with Gasteiger partial charge in [0, 0.05) is 61.2 Å². The van der Waals surface area contributed by atoms with Crippen LogP contribution in [0.2, 0.25) is 5.15 Å². The molecule has 1 N–H and O–H groups in total. The van der Waals surface area contributed by atoms with Crippen LogP contribution in [0.5, 0.6) is 0 Å². The number of carbonyl (C=O) groups is 2. The zero-order valence-electron chi connectivity index (χ0n) is 30.1. The van der Waals surface area contributed by atoms with E-state index in [4.69, 9.17) is 16.6 Å². The quantitative estimate of drug-likeness (QED) is 0.203. The molecule has 2 aliphatic heterocycles. The molecule has 0 aliphatic carbocycles. The minimum atomic E-state index is -1.20. The number of rotatable bonds is 7. The van der Waals surface area contributed by atoms with Crippen LogP contribution in [0.1, 0.15) is 51.8 Å². The summed E-state index contributed by atoms with van der Waals surface area (Å²) < 4.78 is 3.17. The van der Waals surface area contributed by atoms with Gasteiger partial charge in [0.05, 0.1) is 23.2 Å². The summed E-state index contributed by atoms with van der Waals surface area (Å²) in [5, 5.41) is 13.2. The van der Waals surface area contributed by atoms with Crippen molar-refractivity contribution in [3.8, 4) is 16.3 Å². The van der Waals surface area contributed by atoms with E-state index in [-0.39, 0.29) is 35.8 Å². The van der Waals surface area contributed by atoms with Crippen LogP contribution in [0.25, 0.3) is 27.3 Å². The first-order chi connectivity index (χ1) is 26.1. The molecule has 54 heavy (non-hydrogen) atoms. The fourth-order valence-electron chi connectivity index (χ4n) is 7.80. The molecule has 276 valence electrons. The number of piperidine rings is 2. The molecule has 2 atom stereocenters. The topological polar surface area (TPSA) is 126 Å². The molecule has 6 aromatic rings. The molecule has 0 spiro atoms. The minimum absolute atomic E-state index is 0.0262. The number of benzene rings is 2. The molecule has 0 bridgehead atoms. The number of hydrogen-bond acceptors (Lipinski definition) is 8. The summed E-state index contributed by atoms with van der Waals surface area (Å²) in [6, 6.07) is 24.9. The lowest BCUT2D eigenvalue weighted by atomic mass is 9.79. The van der Waals surface area contributed by atoms with Crippen molar-refractivity contribution in [2.75, 3.05) is 26.2 Å². The highest BCUT2D eigenvalue weighted by Gasteiger charge is 2.42. The van der Waals surface area contributed by atoms with Crippen LogP contribution in [-0.2, 0) is 11.3 Å². The number of pyridine rings is 1. The van der Waals surface area contributed by atoms with Gasteiger partial charge in [-0.2, -0.15) is 0 Å². The number of likely N-dealkylation sites (tertiary alicyclic amines) is 2. The third-order valence-electron chi connectivity index (χ3n) is 10.8. The minimum Gasteiger partial charge on any atom is -0.388 e. The Morgan fingerprint density at radius 1 is 0.944 bits per heavy atom. The second-order valence-electron chi connectivity index (χ2n) is 14.4. The molecule has 0 saturated carbocycles. The second kappa shape index (κ2) is 14.6.